The van der Waals surface area contributed by atoms with Gasteiger partial charge in [0.15, 0.2) is 0 Å². The van der Waals surface area contributed by atoms with E-state index < -0.39 is 0 Å². The van der Waals surface area contributed by atoms with Crippen LogP contribution in [0.2, 0.25) is 0 Å². The fourth-order valence-corrected chi connectivity index (χ4v) is 6.12. The van der Waals surface area contributed by atoms with E-state index >= 15 is 0 Å². The van der Waals surface area contributed by atoms with Crippen molar-refractivity contribution in [3.05, 3.63) is 29.8 Å². The Kier molecular flexibility index (Phi) is 4.06. The van der Waals surface area contributed by atoms with Crippen molar-refractivity contribution in [1.29, 1.82) is 0 Å². The first-order valence-electron chi connectivity index (χ1n) is 9.48. The zero-order valence-electron chi connectivity index (χ0n) is 14.9. The molecule has 5 rings (SSSR count). The van der Waals surface area contributed by atoms with Gasteiger partial charge in [0.2, 0.25) is 5.91 Å². The predicted octanol–water partition coefficient (Wildman–Crippen LogP) is 3.96. The molecular formula is C21H29NO2. The monoisotopic (exact) mass is 327 g/mol. The highest BCUT2D eigenvalue weighted by Crippen LogP contribution is 2.61. The van der Waals surface area contributed by atoms with Crippen molar-refractivity contribution in [3.8, 4) is 5.75 Å². The van der Waals surface area contributed by atoms with Gasteiger partial charge in [0.05, 0.1) is 13.5 Å². The van der Waals surface area contributed by atoms with Crippen molar-refractivity contribution in [2.75, 3.05) is 7.11 Å². The molecule has 4 saturated carbocycles. The molecule has 130 valence electrons. The summed E-state index contributed by atoms with van der Waals surface area (Å²) < 4.78 is 5.25. The number of hydrogen-bond acceptors (Lipinski definition) is 2. The molecule has 4 aliphatic rings. The molecule has 0 unspecified atom stereocenters. The fraction of sp³-hybridized carbons (Fsp3) is 0.667. The molecule has 0 aromatic heterocycles. The van der Waals surface area contributed by atoms with Crippen molar-refractivity contribution in [3.63, 3.8) is 0 Å². The molecule has 0 spiro atoms. The quantitative estimate of drug-likeness (QED) is 0.889. The van der Waals surface area contributed by atoms with Gasteiger partial charge in [-0.3, -0.25) is 4.79 Å². The van der Waals surface area contributed by atoms with Crippen LogP contribution in [0.25, 0.3) is 0 Å². The van der Waals surface area contributed by atoms with E-state index in [1.807, 2.05) is 24.3 Å². The van der Waals surface area contributed by atoms with Gasteiger partial charge in [-0.25, -0.2) is 0 Å². The van der Waals surface area contributed by atoms with E-state index in [9.17, 15) is 4.79 Å². The topological polar surface area (TPSA) is 38.3 Å². The van der Waals surface area contributed by atoms with Crippen molar-refractivity contribution in [1.82, 2.24) is 5.32 Å². The summed E-state index contributed by atoms with van der Waals surface area (Å²) in [6, 6.07) is 8.11. The smallest absolute Gasteiger partial charge is 0.224 e. The molecule has 4 fully saturated rings. The lowest BCUT2D eigenvalue weighted by Gasteiger charge is -2.59. The zero-order valence-corrected chi connectivity index (χ0v) is 14.9. The average molecular weight is 327 g/mol. The van der Waals surface area contributed by atoms with Crippen LogP contribution in [0.3, 0.4) is 0 Å². The van der Waals surface area contributed by atoms with Crippen molar-refractivity contribution in [2.24, 2.45) is 23.2 Å². The molecule has 0 saturated heterocycles. The van der Waals surface area contributed by atoms with Crippen LogP contribution in [0.15, 0.2) is 24.3 Å². The first-order valence-corrected chi connectivity index (χ1v) is 9.48. The summed E-state index contributed by atoms with van der Waals surface area (Å²) >= 11 is 0. The van der Waals surface area contributed by atoms with Gasteiger partial charge in [-0.2, -0.15) is 0 Å². The Morgan fingerprint density at radius 2 is 1.83 bits per heavy atom. The van der Waals surface area contributed by atoms with Gasteiger partial charge in [0, 0.05) is 6.04 Å². The second-order valence-electron chi connectivity index (χ2n) is 8.60. The second kappa shape index (κ2) is 6.09. The van der Waals surface area contributed by atoms with Crippen LogP contribution in [0.4, 0.5) is 0 Å². The zero-order chi connectivity index (χ0) is 16.7. The molecule has 0 heterocycles. The summed E-state index contributed by atoms with van der Waals surface area (Å²) in [5, 5.41) is 3.34. The number of carbonyl (C=O) groups is 1. The summed E-state index contributed by atoms with van der Waals surface area (Å²) in [6.45, 7) is 2.25. The molecule has 0 aliphatic heterocycles. The maximum absolute atomic E-state index is 12.6. The predicted molar refractivity (Wildman–Crippen MR) is 94.9 cm³/mol. The normalized spacial score (nSPS) is 34.8. The molecule has 1 aromatic rings. The number of rotatable bonds is 5. The summed E-state index contributed by atoms with van der Waals surface area (Å²) in [5.74, 6) is 3.73. The Morgan fingerprint density at radius 1 is 1.21 bits per heavy atom. The largest absolute Gasteiger partial charge is 0.497 e. The molecule has 1 aromatic carbocycles. The summed E-state index contributed by atoms with van der Waals surface area (Å²) in [5.41, 5.74) is 1.39. The Hall–Kier alpha value is -1.51. The fourth-order valence-electron chi connectivity index (χ4n) is 6.12. The highest BCUT2D eigenvalue weighted by Gasteiger charge is 2.53. The maximum atomic E-state index is 12.6. The Morgan fingerprint density at radius 3 is 2.42 bits per heavy atom. The number of carbonyl (C=O) groups excluding carboxylic acids is 1. The number of ether oxygens (including phenoxy) is 1. The van der Waals surface area contributed by atoms with Crippen LogP contribution >= 0.6 is 0 Å². The molecule has 1 N–H and O–H groups in total. The van der Waals surface area contributed by atoms with Gasteiger partial charge in [-0.1, -0.05) is 12.1 Å². The van der Waals surface area contributed by atoms with Crippen molar-refractivity contribution in [2.45, 2.75) is 57.9 Å². The van der Waals surface area contributed by atoms with Gasteiger partial charge in [0.25, 0.3) is 0 Å². The van der Waals surface area contributed by atoms with Crippen LogP contribution in [-0.4, -0.2) is 19.1 Å². The van der Waals surface area contributed by atoms with E-state index in [4.69, 9.17) is 4.74 Å². The lowest BCUT2D eigenvalue weighted by Crippen LogP contribution is -2.56. The van der Waals surface area contributed by atoms with Crippen LogP contribution in [-0.2, 0) is 11.2 Å². The third kappa shape index (κ3) is 2.94. The third-order valence-corrected chi connectivity index (χ3v) is 6.88. The number of nitrogens with one attached hydrogen (secondary N) is 1. The van der Waals surface area contributed by atoms with E-state index in [1.54, 1.807) is 7.11 Å². The molecule has 24 heavy (non-hydrogen) atoms. The molecule has 1 atom stereocenters. The molecular weight excluding hydrogens is 298 g/mol. The van der Waals surface area contributed by atoms with Crippen LogP contribution < -0.4 is 10.1 Å². The van der Waals surface area contributed by atoms with Crippen molar-refractivity contribution < 1.29 is 9.53 Å². The standard InChI is InChI=1S/C21H29NO2/c1-14(21-11-16-6-17(12-21)8-18(7-16)13-21)22-20(23)10-15-4-3-5-19(9-15)24-2/h3-5,9,14,16-18H,6-8,10-13H2,1-2H3,(H,22,23)/t14-,16?,17?,18?,21?/m1/s1. The van der Waals surface area contributed by atoms with Crippen LogP contribution in [0.5, 0.6) is 5.75 Å². The van der Waals surface area contributed by atoms with Crippen LogP contribution in [0.1, 0.15) is 51.0 Å². The minimum atomic E-state index is 0.145. The molecule has 0 radical (unpaired) electrons. The highest BCUT2D eigenvalue weighted by molar-refractivity contribution is 5.79. The maximum Gasteiger partial charge on any atom is 0.224 e. The molecule has 3 nitrogen and oxygen atoms in total. The van der Waals surface area contributed by atoms with E-state index in [0.717, 1.165) is 29.1 Å². The lowest BCUT2D eigenvalue weighted by atomic mass is 9.48. The van der Waals surface area contributed by atoms with Gasteiger partial charge in [-0.05, 0) is 86.3 Å². The second-order valence-corrected chi connectivity index (χ2v) is 8.60. The van der Waals surface area contributed by atoms with E-state index in [-0.39, 0.29) is 5.91 Å². The SMILES string of the molecule is COc1cccc(CC(=O)N[C@H](C)C23CC4CC(CC(C4)C2)C3)c1. The number of amides is 1. The van der Waals surface area contributed by atoms with Gasteiger partial charge >= 0.3 is 0 Å². The molecule has 3 heteroatoms. The molecule has 4 bridgehead atoms. The molecule has 4 aliphatic carbocycles. The first kappa shape index (κ1) is 16.0. The lowest BCUT2D eigenvalue weighted by molar-refractivity contribution is -0.125. The highest BCUT2D eigenvalue weighted by atomic mass is 16.5. The van der Waals surface area contributed by atoms with Gasteiger partial charge in [0.1, 0.15) is 5.75 Å². The minimum absolute atomic E-state index is 0.145. The third-order valence-electron chi connectivity index (χ3n) is 6.88. The van der Waals surface area contributed by atoms with E-state index in [2.05, 4.69) is 12.2 Å². The Labute approximate surface area is 145 Å². The summed E-state index contributed by atoms with van der Waals surface area (Å²) in [7, 11) is 1.66. The van der Waals surface area contributed by atoms with Gasteiger partial charge in [-0.15, -0.1) is 0 Å². The first-order chi connectivity index (χ1) is 11.6. The van der Waals surface area contributed by atoms with Gasteiger partial charge < -0.3 is 10.1 Å². The number of methoxy groups -OCH3 is 1. The van der Waals surface area contributed by atoms with E-state index in [1.165, 1.54) is 38.5 Å². The average Bonchev–Trinajstić information content (AvgIpc) is 2.53. The Balaban J connectivity index is 1.40. The summed E-state index contributed by atoms with van der Waals surface area (Å²) in [6.07, 6.45) is 8.78. The molecule has 1 amide bonds. The van der Waals surface area contributed by atoms with Crippen molar-refractivity contribution >= 4 is 5.91 Å². The number of hydrogen-bond donors (Lipinski definition) is 1. The Bertz CT molecular complexity index is 589. The summed E-state index contributed by atoms with van der Waals surface area (Å²) in [4.78, 5) is 12.6. The van der Waals surface area contributed by atoms with Crippen LogP contribution in [0, 0.1) is 23.2 Å². The minimum Gasteiger partial charge on any atom is -0.497 e. The number of benzene rings is 1. The van der Waals surface area contributed by atoms with E-state index in [0.29, 0.717) is 17.9 Å².